The molecule has 0 saturated carbocycles. The lowest BCUT2D eigenvalue weighted by Gasteiger charge is -2.24. The summed E-state index contributed by atoms with van der Waals surface area (Å²) in [6.07, 6.45) is -4.37. The van der Waals surface area contributed by atoms with Crippen molar-refractivity contribution in [3.63, 3.8) is 0 Å². The Morgan fingerprint density at radius 2 is 1.69 bits per heavy atom. The third-order valence-electron chi connectivity index (χ3n) is 5.36. The molecular formula is C25H27F3N2O4S. The Labute approximate surface area is 205 Å². The number of thiazole rings is 1. The minimum Gasteiger partial charge on any atom is -0.491 e. The van der Waals surface area contributed by atoms with E-state index < -0.39 is 23.3 Å². The number of aliphatic carboxylic acids is 1. The highest BCUT2D eigenvalue weighted by atomic mass is 32.1. The van der Waals surface area contributed by atoms with Gasteiger partial charge in [0.1, 0.15) is 18.1 Å². The van der Waals surface area contributed by atoms with Crippen LogP contribution in [0, 0.1) is 13.8 Å². The fraction of sp³-hybridized carbons (Fsp3) is 0.360. The maximum Gasteiger partial charge on any atom is 0.416 e. The predicted molar refractivity (Wildman–Crippen MR) is 130 cm³/mol. The van der Waals surface area contributed by atoms with Gasteiger partial charge in [-0.1, -0.05) is 12.1 Å². The number of anilines is 1. The normalized spacial score (nSPS) is 11.9. The predicted octanol–water partition coefficient (Wildman–Crippen LogP) is 6.20. The number of aryl methyl sites for hydroxylation is 2. The zero-order chi connectivity index (χ0) is 26.0. The Hall–Kier alpha value is -3.27. The van der Waals surface area contributed by atoms with Crippen LogP contribution in [-0.4, -0.2) is 41.9 Å². The van der Waals surface area contributed by atoms with Crippen LogP contribution >= 0.6 is 11.3 Å². The lowest BCUT2D eigenvalue weighted by atomic mass is 10.1. The summed E-state index contributed by atoms with van der Waals surface area (Å²) >= 11 is 1.40. The van der Waals surface area contributed by atoms with Gasteiger partial charge in [-0.2, -0.15) is 13.2 Å². The second kappa shape index (κ2) is 10.2. The average Bonchev–Trinajstić information content (AvgIpc) is 3.26. The third-order valence-corrected chi connectivity index (χ3v) is 6.32. The second-order valence-corrected chi connectivity index (χ2v) is 9.50. The Morgan fingerprint density at radius 1 is 1.09 bits per heavy atom. The Kier molecular flexibility index (Phi) is 7.64. The van der Waals surface area contributed by atoms with E-state index in [2.05, 4.69) is 4.98 Å². The van der Waals surface area contributed by atoms with Gasteiger partial charge in [-0.15, -0.1) is 11.3 Å². The van der Waals surface area contributed by atoms with Gasteiger partial charge in [0.15, 0.2) is 10.7 Å². The molecule has 1 heterocycles. The van der Waals surface area contributed by atoms with E-state index in [0.717, 1.165) is 28.4 Å². The van der Waals surface area contributed by atoms with Crippen molar-refractivity contribution in [2.75, 3.05) is 25.1 Å². The van der Waals surface area contributed by atoms with Crippen molar-refractivity contribution < 1.29 is 32.5 Å². The molecule has 0 bridgehead atoms. The highest BCUT2D eigenvalue weighted by Gasteiger charge is 2.31. The third kappa shape index (κ3) is 6.45. The van der Waals surface area contributed by atoms with Crippen LogP contribution in [0.3, 0.4) is 0 Å². The number of halogens is 3. The number of aromatic nitrogens is 1. The van der Waals surface area contributed by atoms with Crippen LogP contribution in [0.4, 0.5) is 18.3 Å². The van der Waals surface area contributed by atoms with Crippen LogP contribution in [-0.2, 0) is 11.0 Å². The number of benzene rings is 2. The molecule has 1 N–H and O–H groups in total. The van der Waals surface area contributed by atoms with E-state index in [9.17, 15) is 23.1 Å². The van der Waals surface area contributed by atoms with E-state index in [1.165, 1.54) is 37.3 Å². The SMILES string of the molecule is Cc1cc(OC(C)(C)C(=O)O)c(C)cc1OCCN(C)c1nc(-c2ccc(C(F)(F)F)cc2)cs1. The van der Waals surface area contributed by atoms with Crippen molar-refractivity contribution in [2.24, 2.45) is 0 Å². The quantitative estimate of drug-likeness (QED) is 0.371. The maximum atomic E-state index is 12.8. The minimum atomic E-state index is -4.37. The molecule has 3 rings (SSSR count). The number of carbonyl (C=O) groups is 1. The highest BCUT2D eigenvalue weighted by Crippen LogP contribution is 2.33. The molecule has 0 radical (unpaired) electrons. The zero-order valence-corrected chi connectivity index (χ0v) is 20.9. The van der Waals surface area contributed by atoms with E-state index in [1.54, 1.807) is 11.4 Å². The molecule has 0 aliphatic rings. The van der Waals surface area contributed by atoms with Gasteiger partial charge in [0, 0.05) is 18.0 Å². The lowest BCUT2D eigenvalue weighted by Crippen LogP contribution is -2.38. The summed E-state index contributed by atoms with van der Waals surface area (Å²) in [5.41, 5.74) is 0.752. The maximum absolute atomic E-state index is 12.8. The highest BCUT2D eigenvalue weighted by molar-refractivity contribution is 7.14. The number of alkyl halides is 3. The van der Waals surface area contributed by atoms with Gasteiger partial charge in [0.25, 0.3) is 0 Å². The van der Waals surface area contributed by atoms with E-state index in [4.69, 9.17) is 9.47 Å². The first-order valence-electron chi connectivity index (χ1n) is 10.8. The summed E-state index contributed by atoms with van der Waals surface area (Å²) in [7, 11) is 1.86. The van der Waals surface area contributed by atoms with E-state index in [-0.39, 0.29) is 0 Å². The average molecular weight is 509 g/mol. The minimum absolute atomic E-state index is 0.368. The smallest absolute Gasteiger partial charge is 0.416 e. The fourth-order valence-electron chi connectivity index (χ4n) is 3.14. The first kappa shape index (κ1) is 26.3. The van der Waals surface area contributed by atoms with Gasteiger partial charge in [0.05, 0.1) is 17.8 Å². The van der Waals surface area contributed by atoms with Crippen LogP contribution < -0.4 is 14.4 Å². The van der Waals surface area contributed by atoms with Crippen molar-refractivity contribution in [3.8, 4) is 22.8 Å². The van der Waals surface area contributed by atoms with Gasteiger partial charge in [0.2, 0.25) is 0 Å². The Bertz CT molecular complexity index is 1190. The number of likely N-dealkylation sites (N-methyl/N-ethyl adjacent to an activating group) is 1. The van der Waals surface area contributed by atoms with Gasteiger partial charge >= 0.3 is 12.1 Å². The topological polar surface area (TPSA) is 71.9 Å². The summed E-state index contributed by atoms with van der Waals surface area (Å²) in [6.45, 7) is 7.56. The van der Waals surface area contributed by atoms with Gasteiger partial charge in [-0.05, 0) is 63.1 Å². The first-order chi connectivity index (χ1) is 16.3. The standard InChI is InChI=1S/C25H27F3N2O4S/c1-15-13-21(34-24(3,4)22(31)32)16(2)12-20(15)33-11-10-30(5)23-29-19(14-35-23)17-6-8-18(9-7-17)25(26,27)28/h6-9,12-14H,10-11H2,1-5H3,(H,31,32). The van der Waals surface area contributed by atoms with Crippen molar-refractivity contribution in [1.82, 2.24) is 4.98 Å². The molecule has 188 valence electrons. The molecule has 0 unspecified atom stereocenters. The second-order valence-electron chi connectivity index (χ2n) is 8.66. The number of hydrogen-bond acceptors (Lipinski definition) is 6. The summed E-state index contributed by atoms with van der Waals surface area (Å²) in [5.74, 6) is 0.0977. The number of nitrogens with zero attached hydrogens (tertiary/aromatic N) is 2. The van der Waals surface area contributed by atoms with Crippen molar-refractivity contribution in [1.29, 1.82) is 0 Å². The molecule has 2 aromatic carbocycles. The van der Waals surface area contributed by atoms with Gasteiger partial charge < -0.3 is 19.5 Å². The number of hydrogen-bond donors (Lipinski definition) is 1. The van der Waals surface area contributed by atoms with Crippen LogP contribution in [0.15, 0.2) is 41.8 Å². The largest absolute Gasteiger partial charge is 0.491 e. The number of carboxylic acid groups (broad SMARTS) is 1. The molecule has 1 aromatic heterocycles. The van der Waals surface area contributed by atoms with Gasteiger partial charge in [-0.25, -0.2) is 9.78 Å². The Balaban J connectivity index is 1.60. The molecule has 35 heavy (non-hydrogen) atoms. The van der Waals surface area contributed by atoms with Crippen molar-refractivity contribution in [3.05, 3.63) is 58.5 Å². The first-order valence-corrected chi connectivity index (χ1v) is 11.7. The number of rotatable bonds is 9. The molecule has 10 heteroatoms. The summed E-state index contributed by atoms with van der Waals surface area (Å²) in [6, 6.07) is 8.51. The van der Waals surface area contributed by atoms with E-state index in [1.807, 2.05) is 31.9 Å². The van der Waals surface area contributed by atoms with E-state index >= 15 is 0 Å². The van der Waals surface area contributed by atoms with Gasteiger partial charge in [-0.3, -0.25) is 0 Å². The molecule has 0 spiro atoms. The molecule has 6 nitrogen and oxygen atoms in total. The lowest BCUT2D eigenvalue weighted by molar-refractivity contribution is -0.152. The van der Waals surface area contributed by atoms with Crippen molar-refractivity contribution >= 4 is 22.4 Å². The monoisotopic (exact) mass is 508 g/mol. The number of ether oxygens (including phenoxy) is 2. The zero-order valence-electron chi connectivity index (χ0n) is 20.1. The molecular weight excluding hydrogens is 481 g/mol. The molecule has 0 aliphatic carbocycles. The molecule has 0 aliphatic heterocycles. The molecule has 0 saturated heterocycles. The summed E-state index contributed by atoms with van der Waals surface area (Å²) in [4.78, 5) is 17.8. The molecule has 3 aromatic rings. The summed E-state index contributed by atoms with van der Waals surface area (Å²) < 4.78 is 49.9. The number of carboxylic acids is 1. The van der Waals surface area contributed by atoms with Crippen LogP contribution in [0.5, 0.6) is 11.5 Å². The van der Waals surface area contributed by atoms with Crippen LogP contribution in [0.25, 0.3) is 11.3 Å². The summed E-state index contributed by atoms with van der Waals surface area (Å²) in [5, 5.41) is 11.8. The molecule has 0 amide bonds. The van der Waals surface area contributed by atoms with Crippen LogP contribution in [0.1, 0.15) is 30.5 Å². The van der Waals surface area contributed by atoms with E-state index in [0.29, 0.717) is 35.9 Å². The Morgan fingerprint density at radius 3 is 2.29 bits per heavy atom. The molecule has 0 fully saturated rings. The fourth-order valence-corrected chi connectivity index (χ4v) is 3.97. The van der Waals surface area contributed by atoms with Crippen molar-refractivity contribution in [2.45, 2.75) is 39.5 Å². The molecule has 0 atom stereocenters. The van der Waals surface area contributed by atoms with Crippen LogP contribution in [0.2, 0.25) is 0 Å².